The third kappa shape index (κ3) is 3.91. The van der Waals surface area contributed by atoms with Crippen LogP contribution in [0.5, 0.6) is 5.75 Å². The minimum absolute atomic E-state index is 0. The van der Waals surface area contributed by atoms with Crippen LogP contribution in [-0.2, 0) is 13.0 Å². The summed E-state index contributed by atoms with van der Waals surface area (Å²) >= 11 is 1.59. The molecule has 0 aliphatic carbocycles. The summed E-state index contributed by atoms with van der Waals surface area (Å²) < 4.78 is 5.47. The van der Waals surface area contributed by atoms with E-state index in [2.05, 4.69) is 22.0 Å². The van der Waals surface area contributed by atoms with Crippen molar-refractivity contribution in [2.75, 3.05) is 19.4 Å². The molecule has 0 spiro atoms. The third-order valence-electron chi connectivity index (χ3n) is 4.08. The lowest BCUT2D eigenvalue weighted by Crippen LogP contribution is -2.30. The Bertz CT molecular complexity index is 605. The average molecular weight is 340 g/mol. The number of hydrogen-bond acceptors (Lipinski definition) is 5. The lowest BCUT2D eigenvalue weighted by atomic mass is 10.0. The molecule has 1 aromatic carbocycles. The molecule has 1 unspecified atom stereocenters. The lowest BCUT2D eigenvalue weighted by molar-refractivity contribution is 0.244. The number of nitrogen functional groups attached to an aromatic ring is 1. The number of likely N-dealkylation sites (tertiary alicyclic amines) is 1. The molecule has 3 rings (SSSR count). The summed E-state index contributed by atoms with van der Waals surface area (Å²) in [4.78, 5) is 7.94. The summed E-state index contributed by atoms with van der Waals surface area (Å²) in [6.45, 7) is 2.10. The monoisotopic (exact) mass is 339 g/mol. The highest BCUT2D eigenvalue weighted by Crippen LogP contribution is 2.28. The zero-order chi connectivity index (χ0) is 14.7. The van der Waals surface area contributed by atoms with Crippen LogP contribution in [0.1, 0.15) is 23.3 Å². The lowest BCUT2D eigenvalue weighted by Gasteiger charge is -2.24. The topological polar surface area (TPSA) is 51.4 Å². The summed E-state index contributed by atoms with van der Waals surface area (Å²) in [5.74, 6) is 0.992. The first-order valence-electron chi connectivity index (χ1n) is 7.32. The first kappa shape index (κ1) is 17.1. The number of nitrogens with two attached hydrogens (primary N) is 1. The smallest absolute Gasteiger partial charge is 0.180 e. The van der Waals surface area contributed by atoms with Gasteiger partial charge in [-0.1, -0.05) is 18.2 Å². The van der Waals surface area contributed by atoms with Gasteiger partial charge in [0.05, 0.1) is 7.11 Å². The van der Waals surface area contributed by atoms with E-state index in [1.165, 1.54) is 23.3 Å². The SMILES string of the molecule is COc1ccccc1CC1CCCN1Cc1cnc(N)s1.Cl. The van der Waals surface area contributed by atoms with Crippen molar-refractivity contribution in [3.8, 4) is 5.75 Å². The van der Waals surface area contributed by atoms with Crippen LogP contribution in [0.4, 0.5) is 5.13 Å². The van der Waals surface area contributed by atoms with Crippen LogP contribution in [0.3, 0.4) is 0 Å². The van der Waals surface area contributed by atoms with Crippen molar-refractivity contribution < 1.29 is 4.74 Å². The molecule has 120 valence electrons. The van der Waals surface area contributed by atoms with Crippen molar-refractivity contribution in [1.29, 1.82) is 0 Å². The molecule has 0 bridgehead atoms. The molecular weight excluding hydrogens is 318 g/mol. The predicted molar refractivity (Wildman–Crippen MR) is 93.9 cm³/mol. The number of rotatable bonds is 5. The summed E-state index contributed by atoms with van der Waals surface area (Å²) in [5, 5.41) is 0.658. The zero-order valence-electron chi connectivity index (χ0n) is 12.7. The molecule has 0 amide bonds. The molecule has 2 heterocycles. The quantitative estimate of drug-likeness (QED) is 0.907. The molecule has 2 N–H and O–H groups in total. The number of hydrogen-bond donors (Lipinski definition) is 1. The fraction of sp³-hybridized carbons (Fsp3) is 0.438. The van der Waals surface area contributed by atoms with Crippen molar-refractivity contribution in [2.24, 2.45) is 0 Å². The fourth-order valence-corrected chi connectivity index (χ4v) is 3.77. The number of benzene rings is 1. The van der Waals surface area contributed by atoms with Crippen molar-refractivity contribution in [2.45, 2.75) is 31.8 Å². The Balaban J connectivity index is 0.00000176. The number of ether oxygens (including phenoxy) is 1. The van der Waals surface area contributed by atoms with Gasteiger partial charge in [-0.2, -0.15) is 0 Å². The normalized spacial score (nSPS) is 18.1. The van der Waals surface area contributed by atoms with Gasteiger partial charge in [-0.3, -0.25) is 4.90 Å². The number of para-hydroxylation sites is 1. The minimum atomic E-state index is 0. The largest absolute Gasteiger partial charge is 0.496 e. The van der Waals surface area contributed by atoms with Crippen molar-refractivity contribution in [3.05, 3.63) is 40.9 Å². The van der Waals surface area contributed by atoms with Crippen LogP contribution in [-0.4, -0.2) is 29.6 Å². The van der Waals surface area contributed by atoms with Crippen molar-refractivity contribution >= 4 is 28.9 Å². The first-order chi connectivity index (χ1) is 10.3. The van der Waals surface area contributed by atoms with Crippen LogP contribution in [0.2, 0.25) is 0 Å². The summed E-state index contributed by atoms with van der Waals surface area (Å²) in [5.41, 5.74) is 7.01. The maximum absolute atomic E-state index is 5.72. The van der Waals surface area contributed by atoms with Gasteiger partial charge in [-0.15, -0.1) is 23.7 Å². The predicted octanol–water partition coefficient (Wildman–Crippen LogP) is 3.36. The highest BCUT2D eigenvalue weighted by molar-refractivity contribution is 7.15. The van der Waals surface area contributed by atoms with Crippen LogP contribution in [0, 0.1) is 0 Å². The standard InChI is InChI=1S/C16H21N3OS.ClH/c1-20-15-7-3-2-5-12(15)9-13-6-4-8-19(13)11-14-10-18-16(17)21-14;/h2-3,5,7,10,13H,4,6,8-9,11H2,1H3,(H2,17,18);1H. The van der Waals surface area contributed by atoms with Crippen LogP contribution < -0.4 is 10.5 Å². The Morgan fingerprint density at radius 1 is 1.41 bits per heavy atom. The highest BCUT2D eigenvalue weighted by Gasteiger charge is 2.26. The van der Waals surface area contributed by atoms with Crippen LogP contribution in [0.25, 0.3) is 0 Å². The van der Waals surface area contributed by atoms with E-state index in [1.54, 1.807) is 18.4 Å². The second kappa shape index (κ2) is 7.81. The third-order valence-corrected chi connectivity index (χ3v) is 4.89. The number of thiazole rings is 1. The van der Waals surface area contributed by atoms with Gasteiger partial charge in [-0.05, 0) is 37.4 Å². The van der Waals surface area contributed by atoms with Crippen LogP contribution >= 0.6 is 23.7 Å². The van der Waals surface area contributed by atoms with E-state index in [0.717, 1.165) is 25.3 Å². The van der Waals surface area contributed by atoms with Crippen LogP contribution in [0.15, 0.2) is 30.5 Å². The molecule has 1 saturated heterocycles. The second-order valence-corrected chi connectivity index (χ2v) is 6.59. The summed E-state index contributed by atoms with van der Waals surface area (Å²) in [6, 6.07) is 8.89. The highest BCUT2D eigenvalue weighted by atomic mass is 35.5. The summed E-state index contributed by atoms with van der Waals surface area (Å²) in [6.07, 6.45) is 5.44. The van der Waals surface area contributed by atoms with E-state index in [9.17, 15) is 0 Å². The summed E-state index contributed by atoms with van der Waals surface area (Å²) in [7, 11) is 1.74. The molecule has 22 heavy (non-hydrogen) atoms. The number of methoxy groups -OCH3 is 1. The molecule has 1 atom stereocenters. The fourth-order valence-electron chi connectivity index (χ4n) is 3.06. The molecule has 0 saturated carbocycles. The Labute approximate surface area is 141 Å². The molecule has 1 aliphatic heterocycles. The molecule has 4 nitrogen and oxygen atoms in total. The van der Waals surface area contributed by atoms with Gasteiger partial charge in [0.25, 0.3) is 0 Å². The molecule has 0 radical (unpaired) electrons. The van der Waals surface area contributed by atoms with Gasteiger partial charge < -0.3 is 10.5 Å². The number of nitrogens with zero attached hydrogens (tertiary/aromatic N) is 2. The van der Waals surface area contributed by atoms with E-state index < -0.39 is 0 Å². The maximum atomic E-state index is 5.72. The molecular formula is C16H22ClN3OS. The van der Waals surface area contributed by atoms with Gasteiger partial charge in [0.15, 0.2) is 5.13 Å². The first-order valence-corrected chi connectivity index (χ1v) is 8.14. The van der Waals surface area contributed by atoms with Gasteiger partial charge in [-0.25, -0.2) is 4.98 Å². The molecule has 1 aliphatic rings. The number of anilines is 1. The van der Waals surface area contributed by atoms with E-state index in [-0.39, 0.29) is 12.4 Å². The number of aromatic nitrogens is 1. The maximum Gasteiger partial charge on any atom is 0.180 e. The van der Waals surface area contributed by atoms with Crippen molar-refractivity contribution in [1.82, 2.24) is 9.88 Å². The van der Waals surface area contributed by atoms with E-state index >= 15 is 0 Å². The molecule has 1 aromatic heterocycles. The average Bonchev–Trinajstić information content (AvgIpc) is 3.10. The van der Waals surface area contributed by atoms with Gasteiger partial charge in [0.1, 0.15) is 5.75 Å². The Hall–Kier alpha value is -1.30. The second-order valence-electron chi connectivity index (χ2n) is 5.45. The molecule has 1 fully saturated rings. The minimum Gasteiger partial charge on any atom is -0.496 e. The van der Waals surface area contributed by atoms with Crippen molar-refractivity contribution in [3.63, 3.8) is 0 Å². The van der Waals surface area contributed by atoms with E-state index in [0.29, 0.717) is 11.2 Å². The van der Waals surface area contributed by atoms with E-state index in [1.807, 2.05) is 18.3 Å². The molecule has 2 aromatic rings. The molecule has 6 heteroatoms. The zero-order valence-corrected chi connectivity index (χ0v) is 14.3. The Morgan fingerprint density at radius 2 is 2.23 bits per heavy atom. The van der Waals surface area contributed by atoms with Gasteiger partial charge in [0.2, 0.25) is 0 Å². The van der Waals surface area contributed by atoms with E-state index in [4.69, 9.17) is 10.5 Å². The Morgan fingerprint density at radius 3 is 2.95 bits per heavy atom. The van der Waals surface area contributed by atoms with Gasteiger partial charge in [0, 0.05) is 23.7 Å². The van der Waals surface area contributed by atoms with Gasteiger partial charge >= 0.3 is 0 Å². The number of halogens is 1. The Kier molecular flexibility index (Phi) is 6.06.